The molecule has 0 saturated carbocycles. The van der Waals surface area contributed by atoms with E-state index >= 15 is 0 Å². The van der Waals surface area contributed by atoms with Gasteiger partial charge in [0.1, 0.15) is 0 Å². The Morgan fingerprint density at radius 3 is 2.92 bits per heavy atom. The van der Waals surface area contributed by atoms with Crippen molar-refractivity contribution < 1.29 is 9.90 Å². The second-order valence-electron chi connectivity index (χ2n) is 6.22. The second-order valence-corrected chi connectivity index (χ2v) is 6.66. The summed E-state index contributed by atoms with van der Waals surface area (Å²) >= 11 is 6.06. The number of hydrogen-bond donors (Lipinski definition) is 3. The standard InChI is InChI=1S/C17H22ClN5O2.ClH/c1-2-4-14-16(17(25)20-9-11-8-19-10-15(11)24)21-22-23(14)13-6-3-5-12(18)7-13;/h3,5-7,11,15,19,24H,2,4,8-10H2,1H3,(H,20,25);1H. The number of nitrogens with zero attached hydrogens (tertiary/aromatic N) is 3. The molecule has 26 heavy (non-hydrogen) atoms. The molecular formula is C17H23Cl2N5O2. The first-order valence-corrected chi connectivity index (χ1v) is 8.85. The van der Waals surface area contributed by atoms with Crippen molar-refractivity contribution >= 4 is 29.9 Å². The number of aliphatic hydroxyl groups is 1. The fraction of sp³-hybridized carbons (Fsp3) is 0.471. The molecule has 142 valence electrons. The molecule has 9 heteroatoms. The van der Waals surface area contributed by atoms with Crippen molar-refractivity contribution in [2.45, 2.75) is 25.9 Å². The van der Waals surface area contributed by atoms with Crippen LogP contribution in [-0.4, -0.2) is 51.7 Å². The molecule has 1 saturated heterocycles. The highest BCUT2D eigenvalue weighted by Crippen LogP contribution is 2.18. The number of halogens is 2. The van der Waals surface area contributed by atoms with Gasteiger partial charge in [-0.25, -0.2) is 4.68 Å². The van der Waals surface area contributed by atoms with Crippen molar-refractivity contribution in [1.29, 1.82) is 0 Å². The van der Waals surface area contributed by atoms with Crippen molar-refractivity contribution in [2.75, 3.05) is 19.6 Å². The van der Waals surface area contributed by atoms with E-state index in [2.05, 4.69) is 20.9 Å². The lowest BCUT2D eigenvalue weighted by atomic mass is 10.1. The lowest BCUT2D eigenvalue weighted by Crippen LogP contribution is -2.35. The highest BCUT2D eigenvalue weighted by atomic mass is 35.5. The van der Waals surface area contributed by atoms with Gasteiger partial charge in [-0.1, -0.05) is 36.2 Å². The Labute approximate surface area is 163 Å². The van der Waals surface area contributed by atoms with Gasteiger partial charge >= 0.3 is 0 Å². The minimum absolute atomic E-state index is 0. The van der Waals surface area contributed by atoms with Gasteiger partial charge in [0.15, 0.2) is 5.69 Å². The summed E-state index contributed by atoms with van der Waals surface area (Å²) in [6.07, 6.45) is 1.10. The molecule has 2 aromatic rings. The first kappa shape index (κ1) is 20.6. The number of hydrogen-bond acceptors (Lipinski definition) is 5. The van der Waals surface area contributed by atoms with Crippen LogP contribution in [0, 0.1) is 5.92 Å². The minimum Gasteiger partial charge on any atom is -0.391 e. The van der Waals surface area contributed by atoms with Crippen LogP contribution in [0.25, 0.3) is 5.69 Å². The summed E-state index contributed by atoms with van der Waals surface area (Å²) in [5, 5.41) is 24.6. The van der Waals surface area contributed by atoms with Gasteiger partial charge in [0.2, 0.25) is 0 Å². The van der Waals surface area contributed by atoms with E-state index in [1.807, 2.05) is 19.1 Å². The molecule has 0 bridgehead atoms. The normalized spacial score (nSPS) is 19.2. The summed E-state index contributed by atoms with van der Waals surface area (Å²) in [6.45, 7) is 3.70. The molecule has 3 rings (SSSR count). The average Bonchev–Trinajstić information content (AvgIpc) is 3.19. The van der Waals surface area contributed by atoms with Crippen LogP contribution in [-0.2, 0) is 6.42 Å². The first-order chi connectivity index (χ1) is 12.1. The molecule has 1 aliphatic heterocycles. The predicted octanol–water partition coefficient (Wildman–Crippen LogP) is 1.61. The van der Waals surface area contributed by atoms with Crippen LogP contribution in [0.1, 0.15) is 29.5 Å². The maximum atomic E-state index is 12.6. The van der Waals surface area contributed by atoms with Crippen molar-refractivity contribution in [3.63, 3.8) is 0 Å². The zero-order chi connectivity index (χ0) is 17.8. The van der Waals surface area contributed by atoms with Gasteiger partial charge in [-0.3, -0.25) is 4.79 Å². The summed E-state index contributed by atoms with van der Waals surface area (Å²) in [6, 6.07) is 7.29. The summed E-state index contributed by atoms with van der Waals surface area (Å²) in [7, 11) is 0. The Morgan fingerprint density at radius 1 is 1.46 bits per heavy atom. The second kappa shape index (κ2) is 9.32. The molecular weight excluding hydrogens is 377 g/mol. The number of nitrogens with one attached hydrogen (secondary N) is 2. The van der Waals surface area contributed by atoms with Crippen molar-refractivity contribution in [2.24, 2.45) is 5.92 Å². The molecule has 1 aromatic heterocycles. The van der Waals surface area contributed by atoms with Crippen LogP contribution in [0.2, 0.25) is 5.02 Å². The van der Waals surface area contributed by atoms with Crippen LogP contribution in [0.15, 0.2) is 24.3 Å². The largest absolute Gasteiger partial charge is 0.391 e. The van der Waals surface area contributed by atoms with E-state index in [-0.39, 0.29) is 24.2 Å². The summed E-state index contributed by atoms with van der Waals surface area (Å²) < 4.78 is 1.66. The van der Waals surface area contributed by atoms with Gasteiger partial charge in [-0.15, -0.1) is 17.5 Å². The topological polar surface area (TPSA) is 92.1 Å². The molecule has 1 fully saturated rings. The smallest absolute Gasteiger partial charge is 0.273 e. The fourth-order valence-corrected chi connectivity index (χ4v) is 3.17. The third-order valence-electron chi connectivity index (χ3n) is 4.35. The van der Waals surface area contributed by atoms with E-state index in [1.54, 1.807) is 16.8 Å². The number of β-amino-alcohol motifs (C(OH)–C–C–N with tert-alkyl or cyclic N) is 1. The number of aliphatic hydroxyl groups excluding tert-OH is 1. The lowest BCUT2D eigenvalue weighted by Gasteiger charge is -2.14. The van der Waals surface area contributed by atoms with E-state index in [0.29, 0.717) is 36.8 Å². The third kappa shape index (κ3) is 4.54. The third-order valence-corrected chi connectivity index (χ3v) is 4.58. The zero-order valence-corrected chi connectivity index (χ0v) is 16.1. The molecule has 7 nitrogen and oxygen atoms in total. The van der Waals surface area contributed by atoms with E-state index < -0.39 is 6.10 Å². The number of carbonyl (C=O) groups is 1. The van der Waals surface area contributed by atoms with Crippen molar-refractivity contribution in [3.05, 3.63) is 40.7 Å². The number of rotatable bonds is 6. The highest BCUT2D eigenvalue weighted by molar-refractivity contribution is 6.30. The minimum atomic E-state index is -0.433. The molecule has 2 atom stereocenters. The van der Waals surface area contributed by atoms with Crippen LogP contribution in [0.3, 0.4) is 0 Å². The van der Waals surface area contributed by atoms with E-state index in [0.717, 1.165) is 17.8 Å². The monoisotopic (exact) mass is 399 g/mol. The van der Waals surface area contributed by atoms with Crippen LogP contribution >= 0.6 is 24.0 Å². The van der Waals surface area contributed by atoms with E-state index in [4.69, 9.17) is 11.6 Å². The van der Waals surface area contributed by atoms with Gasteiger partial charge in [-0.2, -0.15) is 0 Å². The van der Waals surface area contributed by atoms with E-state index in [9.17, 15) is 9.90 Å². The Hall–Kier alpha value is -1.67. The zero-order valence-electron chi connectivity index (χ0n) is 14.5. The highest BCUT2D eigenvalue weighted by Gasteiger charge is 2.26. The molecule has 0 spiro atoms. The quantitative estimate of drug-likeness (QED) is 0.685. The Bertz CT molecular complexity index is 753. The summed E-state index contributed by atoms with van der Waals surface area (Å²) in [5.74, 6) is -0.252. The molecule has 1 aliphatic rings. The van der Waals surface area contributed by atoms with Crippen molar-refractivity contribution in [1.82, 2.24) is 25.6 Å². The molecule has 0 radical (unpaired) electrons. The van der Waals surface area contributed by atoms with Crippen LogP contribution < -0.4 is 10.6 Å². The first-order valence-electron chi connectivity index (χ1n) is 8.47. The van der Waals surface area contributed by atoms with Gasteiger partial charge in [-0.05, 0) is 24.6 Å². The van der Waals surface area contributed by atoms with Crippen molar-refractivity contribution in [3.8, 4) is 5.69 Å². The fourth-order valence-electron chi connectivity index (χ4n) is 2.99. The number of carbonyl (C=O) groups excluding carboxylic acids is 1. The Morgan fingerprint density at radius 2 is 2.27 bits per heavy atom. The number of amides is 1. The number of benzene rings is 1. The van der Waals surface area contributed by atoms with Gasteiger partial charge in [0.25, 0.3) is 5.91 Å². The van der Waals surface area contributed by atoms with Crippen LogP contribution in [0.4, 0.5) is 0 Å². The maximum Gasteiger partial charge on any atom is 0.273 e. The Balaban J connectivity index is 0.00000243. The van der Waals surface area contributed by atoms with E-state index in [1.165, 1.54) is 0 Å². The SMILES string of the molecule is CCCc1c(C(=O)NCC2CNCC2O)nnn1-c1cccc(Cl)c1.Cl. The molecule has 3 N–H and O–H groups in total. The number of aromatic nitrogens is 3. The molecule has 1 aromatic carbocycles. The maximum absolute atomic E-state index is 12.6. The average molecular weight is 400 g/mol. The van der Waals surface area contributed by atoms with Gasteiger partial charge in [0.05, 0.1) is 17.5 Å². The predicted molar refractivity (Wildman–Crippen MR) is 102 cm³/mol. The summed E-state index contributed by atoms with van der Waals surface area (Å²) in [5.41, 5.74) is 1.85. The molecule has 0 aliphatic carbocycles. The Kier molecular flexibility index (Phi) is 7.40. The van der Waals surface area contributed by atoms with Gasteiger partial charge in [0, 0.05) is 30.6 Å². The van der Waals surface area contributed by atoms with Crippen LogP contribution in [0.5, 0.6) is 0 Å². The van der Waals surface area contributed by atoms with Gasteiger partial charge < -0.3 is 15.7 Å². The summed E-state index contributed by atoms with van der Waals surface area (Å²) in [4.78, 5) is 12.6. The molecule has 1 amide bonds. The molecule has 2 unspecified atom stereocenters. The molecule has 2 heterocycles. The lowest BCUT2D eigenvalue weighted by molar-refractivity contribution is 0.0921.